The van der Waals surface area contributed by atoms with Gasteiger partial charge in [-0.3, -0.25) is 0 Å². The summed E-state index contributed by atoms with van der Waals surface area (Å²) in [6, 6.07) is 6.28. The molecule has 0 saturated carbocycles. The molecule has 0 aliphatic rings. The molecule has 26 heavy (non-hydrogen) atoms. The van der Waals surface area contributed by atoms with Gasteiger partial charge in [0, 0.05) is 11.8 Å². The van der Waals surface area contributed by atoms with Gasteiger partial charge in [0.1, 0.15) is 17.7 Å². The van der Waals surface area contributed by atoms with Crippen molar-refractivity contribution in [2.24, 2.45) is 5.11 Å². The standard InChI is InChI=1S/C15H14F3N7O/c1-26-13-12-9(4-5-25(12)24-14(19)22-13)8-2-3-10(23-20)11(6-8)21-7-15(16,17)18/h2-6,20-21H,7H2,1H3,(H2,19,24). The van der Waals surface area contributed by atoms with E-state index in [1.165, 1.54) is 23.8 Å². The Bertz CT molecular complexity index is 968. The number of hydrogen-bond donors (Lipinski definition) is 3. The van der Waals surface area contributed by atoms with Gasteiger partial charge in [0.25, 0.3) is 0 Å². The van der Waals surface area contributed by atoms with Crippen molar-refractivity contribution in [3.63, 3.8) is 0 Å². The lowest BCUT2D eigenvalue weighted by molar-refractivity contribution is -0.115. The first kappa shape index (κ1) is 17.5. The highest BCUT2D eigenvalue weighted by Gasteiger charge is 2.27. The Morgan fingerprint density at radius 1 is 1.35 bits per heavy atom. The van der Waals surface area contributed by atoms with Gasteiger partial charge in [-0.15, -0.1) is 5.10 Å². The second kappa shape index (κ2) is 6.50. The number of benzene rings is 1. The second-order valence-corrected chi connectivity index (χ2v) is 5.31. The van der Waals surface area contributed by atoms with Crippen LogP contribution in [-0.2, 0) is 0 Å². The molecule has 3 aromatic rings. The molecule has 136 valence electrons. The topological polar surface area (TPSA) is 114 Å². The summed E-state index contributed by atoms with van der Waals surface area (Å²) in [4.78, 5) is 4.01. The Morgan fingerprint density at radius 2 is 2.12 bits per heavy atom. The van der Waals surface area contributed by atoms with Gasteiger partial charge in [0.05, 0.1) is 12.8 Å². The Hall–Kier alpha value is -3.37. The van der Waals surface area contributed by atoms with E-state index < -0.39 is 12.7 Å². The highest BCUT2D eigenvalue weighted by atomic mass is 19.4. The molecule has 3 rings (SSSR count). The van der Waals surface area contributed by atoms with Crippen molar-refractivity contribution in [1.82, 2.24) is 14.6 Å². The zero-order chi connectivity index (χ0) is 18.9. The number of anilines is 2. The predicted octanol–water partition coefficient (Wildman–Crippen LogP) is 3.62. The van der Waals surface area contributed by atoms with Crippen LogP contribution in [0.4, 0.5) is 30.5 Å². The molecule has 0 radical (unpaired) electrons. The summed E-state index contributed by atoms with van der Waals surface area (Å²) in [5.41, 5.74) is 14.7. The second-order valence-electron chi connectivity index (χ2n) is 5.31. The minimum atomic E-state index is -4.40. The molecule has 0 unspecified atom stereocenters. The van der Waals surface area contributed by atoms with Gasteiger partial charge in [-0.05, 0) is 23.8 Å². The van der Waals surface area contributed by atoms with Gasteiger partial charge in [-0.2, -0.15) is 23.3 Å². The van der Waals surface area contributed by atoms with E-state index in [9.17, 15) is 13.2 Å². The summed E-state index contributed by atoms with van der Waals surface area (Å²) in [7, 11) is 1.43. The molecule has 0 amide bonds. The summed E-state index contributed by atoms with van der Waals surface area (Å²) in [5.74, 6) is 0.254. The molecule has 0 saturated heterocycles. The van der Waals surface area contributed by atoms with E-state index >= 15 is 0 Å². The number of halogens is 3. The minimum Gasteiger partial charge on any atom is -0.479 e. The summed E-state index contributed by atoms with van der Waals surface area (Å²) in [5, 5.41) is 9.56. The van der Waals surface area contributed by atoms with Crippen molar-refractivity contribution in [3.8, 4) is 17.0 Å². The number of hydrogen-bond acceptors (Lipinski definition) is 7. The van der Waals surface area contributed by atoms with Crippen molar-refractivity contribution in [2.75, 3.05) is 24.7 Å². The molecule has 8 nitrogen and oxygen atoms in total. The first-order valence-corrected chi connectivity index (χ1v) is 7.33. The maximum Gasteiger partial charge on any atom is 0.405 e. The molecule has 2 heterocycles. The first-order valence-electron chi connectivity index (χ1n) is 7.33. The van der Waals surface area contributed by atoms with Crippen LogP contribution in [0.3, 0.4) is 0 Å². The van der Waals surface area contributed by atoms with Crippen LogP contribution >= 0.6 is 0 Å². The molecule has 2 aromatic heterocycles. The van der Waals surface area contributed by atoms with Crippen LogP contribution in [0.25, 0.3) is 16.6 Å². The fourth-order valence-electron chi connectivity index (χ4n) is 2.52. The van der Waals surface area contributed by atoms with E-state index in [0.717, 1.165) is 0 Å². The molecule has 0 bridgehead atoms. The normalized spacial score (nSPS) is 11.5. The van der Waals surface area contributed by atoms with Crippen molar-refractivity contribution in [3.05, 3.63) is 30.5 Å². The number of alkyl halides is 3. The summed E-state index contributed by atoms with van der Waals surface area (Å²) in [6.07, 6.45) is -2.76. The van der Waals surface area contributed by atoms with E-state index in [1.807, 2.05) is 0 Å². The van der Waals surface area contributed by atoms with Crippen molar-refractivity contribution in [2.45, 2.75) is 6.18 Å². The van der Waals surface area contributed by atoms with Gasteiger partial charge in [-0.1, -0.05) is 6.07 Å². The maximum absolute atomic E-state index is 12.5. The fourth-order valence-corrected chi connectivity index (χ4v) is 2.52. The first-order chi connectivity index (χ1) is 12.3. The van der Waals surface area contributed by atoms with Gasteiger partial charge >= 0.3 is 6.18 Å². The zero-order valence-corrected chi connectivity index (χ0v) is 13.5. The number of aromatic nitrogens is 3. The van der Waals surface area contributed by atoms with E-state index in [4.69, 9.17) is 16.0 Å². The van der Waals surface area contributed by atoms with Crippen LogP contribution in [0.5, 0.6) is 5.88 Å². The number of nitrogen functional groups attached to an aromatic ring is 1. The third kappa shape index (κ3) is 3.36. The van der Waals surface area contributed by atoms with Crippen molar-refractivity contribution in [1.29, 1.82) is 5.53 Å². The van der Waals surface area contributed by atoms with Gasteiger partial charge in [-0.25, -0.2) is 10.0 Å². The van der Waals surface area contributed by atoms with Crippen molar-refractivity contribution < 1.29 is 17.9 Å². The number of nitrogens with two attached hydrogens (primary N) is 1. The van der Waals surface area contributed by atoms with Crippen LogP contribution in [0, 0.1) is 5.53 Å². The minimum absolute atomic E-state index is 0.0207. The lowest BCUT2D eigenvalue weighted by Gasteiger charge is -2.13. The quantitative estimate of drug-likeness (QED) is 0.598. The van der Waals surface area contributed by atoms with Crippen molar-refractivity contribution >= 4 is 22.8 Å². The maximum atomic E-state index is 12.5. The number of rotatable bonds is 5. The largest absolute Gasteiger partial charge is 0.479 e. The molecule has 11 heteroatoms. The lowest BCUT2D eigenvalue weighted by atomic mass is 10.1. The predicted molar refractivity (Wildman–Crippen MR) is 88.7 cm³/mol. The van der Waals surface area contributed by atoms with E-state index in [1.54, 1.807) is 18.3 Å². The van der Waals surface area contributed by atoms with Crippen LogP contribution < -0.4 is 15.8 Å². The number of methoxy groups -OCH3 is 1. The molecular formula is C15H14F3N7O. The number of ether oxygens (including phenoxy) is 1. The number of fused-ring (bicyclic) bond motifs is 1. The zero-order valence-electron chi connectivity index (χ0n) is 13.5. The Balaban J connectivity index is 2.10. The Kier molecular flexibility index (Phi) is 4.36. The molecule has 4 N–H and O–H groups in total. The summed E-state index contributed by atoms with van der Waals surface area (Å²) >= 11 is 0. The molecule has 0 aliphatic carbocycles. The lowest BCUT2D eigenvalue weighted by Crippen LogP contribution is -2.21. The number of nitrogens with one attached hydrogen (secondary N) is 2. The SMILES string of the molecule is COc1nc(N)nn2ccc(-c3ccc(N=N)c(NCC(F)(F)F)c3)c12. The average Bonchev–Trinajstić information content (AvgIpc) is 3.02. The summed E-state index contributed by atoms with van der Waals surface area (Å²) < 4.78 is 44.2. The third-order valence-electron chi connectivity index (χ3n) is 3.60. The Morgan fingerprint density at radius 3 is 2.77 bits per heavy atom. The molecule has 0 fully saturated rings. The molecule has 1 aromatic carbocycles. The fraction of sp³-hybridized carbons (Fsp3) is 0.200. The monoisotopic (exact) mass is 365 g/mol. The molecule has 0 spiro atoms. The summed E-state index contributed by atoms with van der Waals surface area (Å²) in [6.45, 7) is -1.24. The smallest absolute Gasteiger partial charge is 0.405 e. The Labute approximate surface area is 145 Å². The van der Waals surface area contributed by atoms with E-state index in [0.29, 0.717) is 16.6 Å². The van der Waals surface area contributed by atoms with E-state index in [-0.39, 0.29) is 23.2 Å². The highest BCUT2D eigenvalue weighted by molar-refractivity contribution is 5.87. The van der Waals surface area contributed by atoms with Crippen LogP contribution in [0.15, 0.2) is 35.6 Å². The average molecular weight is 365 g/mol. The van der Waals surface area contributed by atoms with Gasteiger partial charge in [0.2, 0.25) is 11.8 Å². The molecule has 0 atom stereocenters. The van der Waals surface area contributed by atoms with Crippen LogP contribution in [-0.4, -0.2) is 34.4 Å². The van der Waals surface area contributed by atoms with Gasteiger partial charge < -0.3 is 15.8 Å². The van der Waals surface area contributed by atoms with E-state index in [2.05, 4.69) is 20.5 Å². The van der Waals surface area contributed by atoms with Crippen LogP contribution in [0.2, 0.25) is 0 Å². The van der Waals surface area contributed by atoms with Crippen LogP contribution in [0.1, 0.15) is 0 Å². The highest BCUT2D eigenvalue weighted by Crippen LogP contribution is 2.36. The number of nitrogens with zero attached hydrogens (tertiary/aromatic N) is 4. The van der Waals surface area contributed by atoms with Gasteiger partial charge in [0.15, 0.2) is 0 Å². The molecular weight excluding hydrogens is 351 g/mol. The molecule has 0 aliphatic heterocycles. The third-order valence-corrected chi connectivity index (χ3v) is 3.60.